The minimum absolute atomic E-state index is 0.0281. The smallest absolute Gasteiger partial charge is 0.379 e. The lowest BCUT2D eigenvalue weighted by atomic mass is 9.87. The summed E-state index contributed by atoms with van der Waals surface area (Å²) in [7, 11) is 1.09. The third-order valence-corrected chi connectivity index (χ3v) is 9.94. The van der Waals surface area contributed by atoms with Crippen LogP contribution >= 0.6 is 0 Å². The van der Waals surface area contributed by atoms with Gasteiger partial charge in [0.25, 0.3) is 5.91 Å². The molecule has 2 aliphatic heterocycles. The number of fused-ring (bicyclic) bond motifs is 3. The van der Waals surface area contributed by atoms with E-state index in [1.54, 1.807) is 11.0 Å². The van der Waals surface area contributed by atoms with Crippen LogP contribution in [0.25, 0.3) is 27.9 Å². The Hall–Kier alpha value is -6.25. The number of carbonyl (C=O) groups excluding carboxylic acids is 4. The highest BCUT2D eigenvalue weighted by molar-refractivity contribution is 6.04. The molecule has 296 valence electrons. The molecule has 4 aromatic carbocycles. The van der Waals surface area contributed by atoms with E-state index >= 15 is 4.79 Å². The number of hydrogen-bond acceptors (Lipinski definition) is 13. The maximum Gasteiger partial charge on any atom is 0.379 e. The molecule has 1 aromatic heterocycles. The second-order valence-electron chi connectivity index (χ2n) is 13.4. The topological polar surface area (TPSA) is 162 Å². The van der Waals surface area contributed by atoms with Crippen LogP contribution in [0, 0.1) is 0 Å². The molecule has 0 N–H and O–H groups in total. The van der Waals surface area contributed by atoms with E-state index in [0.29, 0.717) is 34.9 Å². The lowest BCUT2D eigenvalue weighted by Crippen LogP contribution is -2.52. The number of amides is 1. The van der Waals surface area contributed by atoms with Crippen molar-refractivity contribution in [3.05, 3.63) is 108 Å². The van der Waals surface area contributed by atoms with Crippen molar-refractivity contribution >= 4 is 51.8 Å². The van der Waals surface area contributed by atoms with Crippen molar-refractivity contribution in [2.75, 3.05) is 27.1 Å². The van der Waals surface area contributed by atoms with E-state index in [-0.39, 0.29) is 26.6 Å². The van der Waals surface area contributed by atoms with Gasteiger partial charge in [0, 0.05) is 18.5 Å². The molecule has 14 nitrogen and oxygen atoms in total. The number of carbonyl (C=O) groups is 4. The third kappa shape index (κ3) is 7.91. The molecule has 14 heteroatoms. The summed E-state index contributed by atoms with van der Waals surface area (Å²) in [6, 6.07) is 26.0. The van der Waals surface area contributed by atoms with Crippen molar-refractivity contribution in [1.82, 2.24) is 9.88 Å². The number of allylic oxidation sites excluding steroid dienone is 1. The van der Waals surface area contributed by atoms with Gasteiger partial charge in [-0.3, -0.25) is 4.79 Å². The Bertz CT molecular complexity index is 2270. The molecule has 1 amide bonds. The average Bonchev–Trinajstić information content (AvgIpc) is 3.98. The van der Waals surface area contributed by atoms with Gasteiger partial charge in [-0.15, -0.1) is 0 Å². The summed E-state index contributed by atoms with van der Waals surface area (Å²) >= 11 is 0. The minimum atomic E-state index is -2.87. The van der Waals surface area contributed by atoms with Crippen LogP contribution in [-0.2, 0) is 49.4 Å². The molecule has 5 aromatic rings. The number of ether oxygens (including phenoxy) is 7. The van der Waals surface area contributed by atoms with Crippen molar-refractivity contribution in [3.63, 3.8) is 0 Å². The zero-order chi connectivity index (χ0) is 40.1. The molecule has 57 heavy (non-hydrogen) atoms. The van der Waals surface area contributed by atoms with Crippen LogP contribution in [0.2, 0.25) is 0 Å². The van der Waals surface area contributed by atoms with Gasteiger partial charge in [-0.1, -0.05) is 60.7 Å². The molecule has 3 heterocycles. The average molecular weight is 779 g/mol. The lowest BCUT2D eigenvalue weighted by molar-refractivity contribution is -0.227. The van der Waals surface area contributed by atoms with Gasteiger partial charge in [0.1, 0.15) is 5.52 Å². The van der Waals surface area contributed by atoms with Crippen molar-refractivity contribution in [2.45, 2.75) is 63.7 Å². The van der Waals surface area contributed by atoms with E-state index in [2.05, 4.69) is 4.98 Å². The highest BCUT2D eigenvalue weighted by atomic mass is 16.8. The number of aromatic nitrogens is 1. The Balaban J connectivity index is 1.30. The second-order valence-corrected chi connectivity index (χ2v) is 13.4. The molecule has 1 fully saturated rings. The van der Waals surface area contributed by atoms with Crippen LogP contribution in [0.15, 0.2) is 95.4 Å². The number of hydrogen-bond donors (Lipinski definition) is 0. The summed E-state index contributed by atoms with van der Waals surface area (Å²) < 4.78 is 44.4. The maximum absolute atomic E-state index is 15.2. The van der Waals surface area contributed by atoms with Gasteiger partial charge >= 0.3 is 23.7 Å². The summed E-state index contributed by atoms with van der Waals surface area (Å²) in [6.07, 6.45) is 0.386. The van der Waals surface area contributed by atoms with Gasteiger partial charge in [0.05, 0.1) is 20.3 Å². The summed E-state index contributed by atoms with van der Waals surface area (Å²) in [5.74, 6) is -6.11. The molecular formula is C43H42N2O12. The van der Waals surface area contributed by atoms with Crippen molar-refractivity contribution in [3.8, 4) is 11.5 Å². The minimum Gasteiger partial charge on any atom is -0.467 e. The highest BCUT2D eigenvalue weighted by Gasteiger charge is 2.65. The van der Waals surface area contributed by atoms with Crippen LogP contribution in [0.4, 0.5) is 0 Å². The molecule has 2 unspecified atom stereocenters. The van der Waals surface area contributed by atoms with Crippen LogP contribution in [0.1, 0.15) is 50.1 Å². The first-order chi connectivity index (χ1) is 27.6. The SMILES string of the molecule is CCOC(=O)C1(C(=O)OCC)OC(C(=O)OC)C(C(=O)N(Cc2ccc3ccccc3c2)[C@H](C)[C@H](C/C=C/c2nc3ccccc3o2)c2ccc3c(c2)OCO3)O1. The maximum atomic E-state index is 15.2. The van der Waals surface area contributed by atoms with E-state index in [0.717, 1.165) is 29.0 Å². The quantitative estimate of drug-likeness (QED) is 0.0724. The number of rotatable bonds is 14. The monoisotopic (exact) mass is 778 g/mol. The fourth-order valence-electron chi connectivity index (χ4n) is 7.07. The molecule has 2 aliphatic rings. The molecule has 0 saturated carbocycles. The van der Waals surface area contributed by atoms with Crippen LogP contribution in [0.3, 0.4) is 0 Å². The standard InChI is InChI=1S/C43H42N2O12/c1-5-51-41(48)43(42(49)52-6-2)56-37(38(57-43)40(47)50-4)39(46)45(24-27-18-19-28-12-7-8-13-29(28)22-27)26(3)31(30-20-21-34-35(23-30)54-25-53-34)14-11-17-36-44-32-15-9-10-16-33(32)55-36/h7-13,15-23,26,31,37-38H,5-6,14,24-25H2,1-4H3/b17-11+/t26-,31+,37?,38?/m1/s1. The number of benzene rings is 4. The first kappa shape index (κ1) is 39.0. The van der Waals surface area contributed by atoms with E-state index in [1.165, 1.54) is 13.8 Å². The summed E-state index contributed by atoms with van der Waals surface area (Å²) in [5.41, 5.74) is 2.93. The van der Waals surface area contributed by atoms with Crippen molar-refractivity contribution in [2.24, 2.45) is 0 Å². The zero-order valence-electron chi connectivity index (χ0n) is 31.9. The van der Waals surface area contributed by atoms with Gasteiger partial charge in [0.15, 0.2) is 29.3 Å². The Morgan fingerprint density at radius 1 is 0.860 bits per heavy atom. The number of esters is 3. The molecular weight excluding hydrogens is 736 g/mol. The van der Waals surface area contributed by atoms with Gasteiger partial charge in [-0.25, -0.2) is 19.4 Å². The largest absolute Gasteiger partial charge is 0.467 e. The molecule has 0 aliphatic carbocycles. The predicted molar refractivity (Wildman–Crippen MR) is 205 cm³/mol. The van der Waals surface area contributed by atoms with Gasteiger partial charge in [0.2, 0.25) is 12.7 Å². The Morgan fingerprint density at radius 2 is 1.56 bits per heavy atom. The van der Waals surface area contributed by atoms with E-state index in [1.807, 2.05) is 97.9 Å². The normalized spacial score (nSPS) is 18.0. The van der Waals surface area contributed by atoms with Gasteiger partial charge < -0.3 is 42.5 Å². The lowest BCUT2D eigenvalue weighted by Gasteiger charge is -2.37. The second kappa shape index (κ2) is 16.9. The van der Waals surface area contributed by atoms with Crippen molar-refractivity contribution < 1.29 is 56.8 Å². The summed E-state index contributed by atoms with van der Waals surface area (Å²) in [4.78, 5) is 61.4. The van der Waals surface area contributed by atoms with Gasteiger partial charge in [-0.05, 0) is 85.5 Å². The third-order valence-electron chi connectivity index (χ3n) is 9.94. The van der Waals surface area contributed by atoms with E-state index < -0.39 is 53.8 Å². The number of para-hydroxylation sites is 2. The Labute approximate surface area is 328 Å². The van der Waals surface area contributed by atoms with Gasteiger partial charge in [-0.2, -0.15) is 0 Å². The molecule has 7 rings (SSSR count). The molecule has 0 spiro atoms. The van der Waals surface area contributed by atoms with E-state index in [4.69, 9.17) is 37.6 Å². The fraction of sp³-hybridized carbons (Fsp3) is 0.326. The number of oxazole rings is 1. The molecule has 0 radical (unpaired) electrons. The molecule has 1 saturated heterocycles. The number of methoxy groups -OCH3 is 1. The Morgan fingerprint density at radius 3 is 2.30 bits per heavy atom. The van der Waals surface area contributed by atoms with Crippen LogP contribution < -0.4 is 9.47 Å². The van der Waals surface area contributed by atoms with E-state index in [9.17, 15) is 14.4 Å². The fourth-order valence-corrected chi connectivity index (χ4v) is 7.07. The Kier molecular flexibility index (Phi) is 11.5. The first-order valence-corrected chi connectivity index (χ1v) is 18.6. The summed E-state index contributed by atoms with van der Waals surface area (Å²) in [5, 5.41) is 1.95. The molecule has 0 bridgehead atoms. The van der Waals surface area contributed by atoms with Crippen LogP contribution in [-0.4, -0.2) is 84.9 Å². The zero-order valence-corrected chi connectivity index (χ0v) is 31.9. The van der Waals surface area contributed by atoms with Crippen LogP contribution in [0.5, 0.6) is 11.5 Å². The highest BCUT2D eigenvalue weighted by Crippen LogP contribution is 2.40. The van der Waals surface area contributed by atoms with Crippen molar-refractivity contribution in [1.29, 1.82) is 0 Å². The molecule has 4 atom stereocenters. The number of nitrogens with zero attached hydrogens (tertiary/aromatic N) is 2. The predicted octanol–water partition coefficient (Wildman–Crippen LogP) is 6.09. The first-order valence-electron chi connectivity index (χ1n) is 18.6. The summed E-state index contributed by atoms with van der Waals surface area (Å²) in [6.45, 7) is 4.69.